The molecule has 0 saturated carbocycles. The van der Waals surface area contributed by atoms with Crippen molar-refractivity contribution in [2.24, 2.45) is 0 Å². The predicted molar refractivity (Wildman–Crippen MR) is 80.3 cm³/mol. The predicted octanol–water partition coefficient (Wildman–Crippen LogP) is 5.56. The van der Waals surface area contributed by atoms with Crippen LogP contribution in [0.4, 0.5) is 0 Å². The first-order valence-corrected chi connectivity index (χ1v) is 7.03. The zero-order chi connectivity index (χ0) is 12.1. The van der Waals surface area contributed by atoms with E-state index in [2.05, 4.69) is 71.4 Å². The fourth-order valence-electron chi connectivity index (χ4n) is 1.50. The Morgan fingerprint density at radius 3 is 2.00 bits per heavy atom. The van der Waals surface area contributed by atoms with Crippen LogP contribution in [0, 0.1) is 0 Å². The fraction of sp³-hybridized carbons (Fsp3) is 0.0667. The largest absolute Gasteiger partial charge is 0.0937 e. The molecule has 2 heteroatoms. The maximum absolute atomic E-state index is 3.67. The Morgan fingerprint density at radius 1 is 0.882 bits per heavy atom. The minimum Gasteiger partial charge on any atom is -0.0937 e. The highest BCUT2D eigenvalue weighted by atomic mass is 79.9. The van der Waals surface area contributed by atoms with E-state index >= 15 is 0 Å². The van der Waals surface area contributed by atoms with Gasteiger partial charge in [-0.05, 0) is 40.5 Å². The lowest BCUT2D eigenvalue weighted by molar-refractivity contribution is 1.46. The van der Waals surface area contributed by atoms with Gasteiger partial charge in [0, 0.05) is 14.3 Å². The Bertz CT molecular complexity index is 503. The molecule has 0 amide bonds. The number of rotatable bonds is 3. The Hall–Kier alpha value is -0.990. The van der Waals surface area contributed by atoms with Crippen LogP contribution in [0.2, 0.25) is 0 Å². The number of allylic oxidation sites excluding steroid dienone is 1. The molecule has 0 spiro atoms. The van der Waals surface area contributed by atoms with Gasteiger partial charge in [0.2, 0.25) is 0 Å². The van der Waals surface area contributed by atoms with Crippen molar-refractivity contribution in [1.82, 2.24) is 0 Å². The lowest BCUT2D eigenvalue weighted by Crippen LogP contribution is -1.79. The van der Waals surface area contributed by atoms with Crippen LogP contribution in [0.3, 0.4) is 0 Å². The van der Waals surface area contributed by atoms with Crippen molar-refractivity contribution >= 4 is 32.2 Å². The number of thioether (sulfide) groups is 1. The summed E-state index contributed by atoms with van der Waals surface area (Å²) < 4.78 is 1.16. The summed E-state index contributed by atoms with van der Waals surface area (Å²) in [7, 11) is 0. The Balaban J connectivity index is 2.22. The second-order valence-corrected chi connectivity index (χ2v) is 5.73. The topological polar surface area (TPSA) is 0 Å². The van der Waals surface area contributed by atoms with E-state index in [4.69, 9.17) is 0 Å². The minimum atomic E-state index is 1.16. The molecule has 0 heterocycles. The Labute approximate surface area is 115 Å². The molecule has 0 bridgehead atoms. The van der Waals surface area contributed by atoms with Gasteiger partial charge in [-0.3, -0.25) is 0 Å². The van der Waals surface area contributed by atoms with Crippen LogP contribution in [0.15, 0.2) is 70.5 Å². The van der Waals surface area contributed by atoms with Crippen LogP contribution >= 0.6 is 27.7 Å². The fourth-order valence-corrected chi connectivity index (χ4v) is 2.86. The molecular formula is C15H13BrS. The van der Waals surface area contributed by atoms with Crippen LogP contribution in [-0.2, 0) is 0 Å². The van der Waals surface area contributed by atoms with Gasteiger partial charge in [-0.25, -0.2) is 0 Å². The van der Waals surface area contributed by atoms with E-state index in [9.17, 15) is 0 Å². The summed E-state index contributed by atoms with van der Waals surface area (Å²) in [6, 6.07) is 20.8. The second kappa shape index (κ2) is 6.08. The maximum atomic E-state index is 3.67. The molecule has 2 rings (SSSR count). The van der Waals surface area contributed by atoms with E-state index < -0.39 is 0 Å². The highest BCUT2D eigenvalue weighted by Crippen LogP contribution is 2.35. The summed E-state index contributed by atoms with van der Waals surface area (Å²) in [5.74, 6) is 0. The molecule has 0 fully saturated rings. The van der Waals surface area contributed by atoms with Crippen molar-refractivity contribution < 1.29 is 0 Å². The first kappa shape index (κ1) is 12.5. The molecule has 0 aliphatic heterocycles. The molecule has 0 unspecified atom stereocenters. The summed E-state index contributed by atoms with van der Waals surface area (Å²) in [6.07, 6.45) is 0. The van der Waals surface area contributed by atoms with Gasteiger partial charge in [0.15, 0.2) is 0 Å². The summed E-state index contributed by atoms with van der Waals surface area (Å²) in [4.78, 5) is 2.53. The van der Waals surface area contributed by atoms with Crippen LogP contribution in [0.25, 0.3) is 4.48 Å². The molecule has 0 aromatic heterocycles. The van der Waals surface area contributed by atoms with Gasteiger partial charge in [0.1, 0.15) is 0 Å². The lowest BCUT2D eigenvalue weighted by Gasteiger charge is -2.06. The summed E-state index contributed by atoms with van der Waals surface area (Å²) in [6.45, 7) is 2.13. The Kier molecular flexibility index (Phi) is 4.46. The van der Waals surface area contributed by atoms with E-state index in [0.29, 0.717) is 0 Å². The SMILES string of the molecule is C/C(Sc1ccccc1)=C(\Br)c1ccccc1. The van der Waals surface area contributed by atoms with E-state index in [1.165, 1.54) is 15.4 Å². The molecule has 0 N–H and O–H groups in total. The molecule has 86 valence electrons. The molecule has 0 radical (unpaired) electrons. The number of benzene rings is 2. The molecule has 2 aromatic rings. The van der Waals surface area contributed by atoms with Crippen molar-refractivity contribution in [3.05, 3.63) is 71.1 Å². The Morgan fingerprint density at radius 2 is 1.41 bits per heavy atom. The van der Waals surface area contributed by atoms with Gasteiger partial charge in [-0.15, -0.1) is 0 Å². The lowest BCUT2D eigenvalue weighted by atomic mass is 10.2. The van der Waals surface area contributed by atoms with Crippen molar-refractivity contribution in [3.63, 3.8) is 0 Å². The molecular weight excluding hydrogens is 292 g/mol. The monoisotopic (exact) mass is 304 g/mol. The van der Waals surface area contributed by atoms with Crippen molar-refractivity contribution in [1.29, 1.82) is 0 Å². The average Bonchev–Trinajstić information content (AvgIpc) is 2.40. The average molecular weight is 305 g/mol. The third kappa shape index (κ3) is 3.48. The third-order valence-corrected chi connectivity index (χ3v) is 4.68. The van der Waals surface area contributed by atoms with Crippen molar-refractivity contribution in [3.8, 4) is 0 Å². The van der Waals surface area contributed by atoms with E-state index in [1.807, 2.05) is 12.1 Å². The second-order valence-electron chi connectivity index (χ2n) is 3.65. The first-order valence-electron chi connectivity index (χ1n) is 5.42. The molecule has 0 nitrogen and oxygen atoms in total. The zero-order valence-electron chi connectivity index (χ0n) is 9.56. The van der Waals surface area contributed by atoms with E-state index in [-0.39, 0.29) is 0 Å². The van der Waals surface area contributed by atoms with Gasteiger partial charge in [-0.1, -0.05) is 60.3 Å². The standard InChI is InChI=1S/C15H13BrS/c1-12(17-14-10-6-3-7-11-14)15(16)13-8-4-2-5-9-13/h2-11H,1H3/b15-12+. The van der Waals surface area contributed by atoms with E-state index in [0.717, 1.165) is 4.48 Å². The highest BCUT2D eigenvalue weighted by molar-refractivity contribution is 9.15. The smallest absolute Gasteiger partial charge is 0.0343 e. The van der Waals surface area contributed by atoms with E-state index in [1.54, 1.807) is 11.8 Å². The first-order chi connectivity index (χ1) is 8.27. The molecule has 0 aliphatic rings. The number of hydrogen-bond donors (Lipinski definition) is 0. The summed E-state index contributed by atoms with van der Waals surface area (Å²) in [5.41, 5.74) is 1.22. The summed E-state index contributed by atoms with van der Waals surface area (Å²) in [5, 5.41) is 0. The zero-order valence-corrected chi connectivity index (χ0v) is 12.0. The molecule has 0 atom stereocenters. The van der Waals surface area contributed by atoms with Gasteiger partial charge in [0.25, 0.3) is 0 Å². The molecule has 0 aliphatic carbocycles. The number of halogens is 1. The van der Waals surface area contributed by atoms with Crippen LogP contribution in [0.5, 0.6) is 0 Å². The van der Waals surface area contributed by atoms with Gasteiger partial charge < -0.3 is 0 Å². The quantitative estimate of drug-likeness (QED) is 0.669. The third-order valence-electron chi connectivity index (χ3n) is 2.35. The van der Waals surface area contributed by atoms with Crippen molar-refractivity contribution in [2.45, 2.75) is 11.8 Å². The van der Waals surface area contributed by atoms with Gasteiger partial charge in [-0.2, -0.15) is 0 Å². The van der Waals surface area contributed by atoms with Crippen LogP contribution in [0.1, 0.15) is 12.5 Å². The molecule has 0 saturated heterocycles. The summed E-state index contributed by atoms with van der Waals surface area (Å²) >= 11 is 5.45. The van der Waals surface area contributed by atoms with Gasteiger partial charge in [0.05, 0.1) is 0 Å². The maximum Gasteiger partial charge on any atom is 0.0343 e. The van der Waals surface area contributed by atoms with Crippen LogP contribution < -0.4 is 0 Å². The normalized spacial score (nSPS) is 12.1. The van der Waals surface area contributed by atoms with Crippen LogP contribution in [-0.4, -0.2) is 0 Å². The van der Waals surface area contributed by atoms with Gasteiger partial charge >= 0.3 is 0 Å². The molecule has 2 aromatic carbocycles. The highest BCUT2D eigenvalue weighted by Gasteiger charge is 2.03. The molecule has 17 heavy (non-hydrogen) atoms. The minimum absolute atomic E-state index is 1.16. The number of hydrogen-bond acceptors (Lipinski definition) is 1. The van der Waals surface area contributed by atoms with Crippen molar-refractivity contribution in [2.75, 3.05) is 0 Å².